The molecule has 3 aromatic rings. The van der Waals surface area contributed by atoms with Gasteiger partial charge in [0.15, 0.2) is 11.7 Å². The molecule has 0 aliphatic carbocycles. The Labute approximate surface area is 168 Å². The first-order valence-corrected chi connectivity index (χ1v) is 9.84. The molecule has 0 radical (unpaired) electrons. The van der Waals surface area contributed by atoms with Gasteiger partial charge in [-0.2, -0.15) is 23.4 Å². The number of amides is 1. The number of nitrogens with zero attached hydrogens (tertiary/aromatic N) is 4. The number of halogens is 3. The first-order chi connectivity index (χ1) is 13.7. The van der Waals surface area contributed by atoms with Crippen molar-refractivity contribution < 1.29 is 18.0 Å². The van der Waals surface area contributed by atoms with Crippen LogP contribution in [0, 0.1) is 6.92 Å². The van der Waals surface area contributed by atoms with Gasteiger partial charge < -0.3 is 10.6 Å². The Morgan fingerprint density at radius 1 is 1.41 bits per heavy atom. The summed E-state index contributed by atoms with van der Waals surface area (Å²) in [6.07, 6.45) is -2.88. The fourth-order valence-electron chi connectivity index (χ4n) is 3.45. The van der Waals surface area contributed by atoms with Gasteiger partial charge in [0.05, 0.1) is 11.7 Å². The van der Waals surface area contributed by atoms with E-state index in [1.165, 1.54) is 17.4 Å². The van der Waals surface area contributed by atoms with Gasteiger partial charge in [-0.25, -0.2) is 4.68 Å². The molecule has 0 fully saturated rings. The average Bonchev–Trinajstić information content (AvgIpc) is 3.37. The molecule has 1 amide bonds. The van der Waals surface area contributed by atoms with Crippen LogP contribution in [-0.4, -0.2) is 31.6 Å². The van der Waals surface area contributed by atoms with E-state index in [4.69, 9.17) is 0 Å². The molecule has 2 N–H and O–H groups in total. The van der Waals surface area contributed by atoms with Crippen LogP contribution in [0.5, 0.6) is 0 Å². The van der Waals surface area contributed by atoms with E-state index >= 15 is 0 Å². The summed E-state index contributed by atoms with van der Waals surface area (Å²) in [6, 6.07) is 2.68. The maximum Gasteiger partial charge on any atom is 0.410 e. The monoisotopic (exact) mass is 424 g/mol. The van der Waals surface area contributed by atoms with Crippen LogP contribution in [0.2, 0.25) is 0 Å². The molecule has 0 spiro atoms. The summed E-state index contributed by atoms with van der Waals surface area (Å²) < 4.78 is 43.5. The number of carbonyl (C=O) groups excluding carboxylic acids is 1. The molecule has 1 aliphatic rings. The zero-order valence-electron chi connectivity index (χ0n) is 15.7. The molecule has 0 saturated heterocycles. The second-order valence-electron chi connectivity index (χ2n) is 6.96. The zero-order chi connectivity index (χ0) is 20.8. The summed E-state index contributed by atoms with van der Waals surface area (Å²) in [5.41, 5.74) is 1.54. The molecule has 11 heteroatoms. The van der Waals surface area contributed by atoms with Gasteiger partial charge in [-0.3, -0.25) is 9.48 Å². The van der Waals surface area contributed by atoms with Gasteiger partial charge in [-0.15, -0.1) is 11.3 Å². The van der Waals surface area contributed by atoms with Crippen molar-refractivity contribution in [3.63, 3.8) is 0 Å². The normalized spacial score (nSPS) is 18.9. The highest BCUT2D eigenvalue weighted by Crippen LogP contribution is 2.44. The van der Waals surface area contributed by atoms with Crippen LogP contribution in [0.25, 0.3) is 0 Å². The summed E-state index contributed by atoms with van der Waals surface area (Å²) in [6.45, 7) is 2.04. The maximum absolute atomic E-state index is 13.7. The van der Waals surface area contributed by atoms with Crippen LogP contribution in [0.1, 0.15) is 45.1 Å². The number of anilines is 1. The maximum atomic E-state index is 13.7. The van der Waals surface area contributed by atoms with Gasteiger partial charge in [-0.05, 0) is 18.4 Å². The number of rotatable bonds is 4. The molecule has 4 rings (SSSR count). The van der Waals surface area contributed by atoms with Crippen molar-refractivity contribution in [1.29, 1.82) is 0 Å². The molecule has 4 heterocycles. The van der Waals surface area contributed by atoms with Gasteiger partial charge in [0.1, 0.15) is 5.82 Å². The lowest BCUT2D eigenvalue weighted by Crippen LogP contribution is -2.35. The van der Waals surface area contributed by atoms with Crippen molar-refractivity contribution in [3.05, 3.63) is 51.6 Å². The highest BCUT2D eigenvalue weighted by atomic mass is 32.1. The van der Waals surface area contributed by atoms with E-state index in [2.05, 4.69) is 20.8 Å². The van der Waals surface area contributed by atoms with Crippen molar-refractivity contribution in [1.82, 2.24) is 24.9 Å². The number of hydrogen-bond acceptors (Lipinski definition) is 5. The third kappa shape index (κ3) is 3.86. The first-order valence-electron chi connectivity index (χ1n) is 8.96. The lowest BCUT2D eigenvalue weighted by Gasteiger charge is -2.32. The Kier molecular flexibility index (Phi) is 4.85. The second-order valence-corrected chi connectivity index (χ2v) is 7.94. The average molecular weight is 424 g/mol. The lowest BCUT2D eigenvalue weighted by atomic mass is 10.0. The van der Waals surface area contributed by atoms with Crippen LogP contribution >= 0.6 is 11.3 Å². The molecule has 2 atom stereocenters. The fourth-order valence-corrected chi connectivity index (χ4v) is 4.24. The van der Waals surface area contributed by atoms with Crippen molar-refractivity contribution in [2.24, 2.45) is 7.05 Å². The molecule has 0 bridgehead atoms. The predicted molar refractivity (Wildman–Crippen MR) is 102 cm³/mol. The molecular formula is C18H19F3N6OS. The number of aryl methyl sites for hydroxylation is 2. The van der Waals surface area contributed by atoms with Crippen molar-refractivity contribution in [3.8, 4) is 0 Å². The van der Waals surface area contributed by atoms with Gasteiger partial charge in [0.25, 0.3) is 5.91 Å². The van der Waals surface area contributed by atoms with Crippen LogP contribution in [0.4, 0.5) is 19.0 Å². The molecule has 0 saturated carbocycles. The SMILES string of the molecule is Cc1nn(C)cc1CNC(=O)c1cc2n(n1)C(C(F)(F)F)CC(c1cccs1)N2. The van der Waals surface area contributed by atoms with Crippen LogP contribution < -0.4 is 10.6 Å². The number of nitrogens with one attached hydrogen (secondary N) is 2. The van der Waals surface area contributed by atoms with E-state index in [0.29, 0.717) is 0 Å². The quantitative estimate of drug-likeness (QED) is 0.671. The fraction of sp³-hybridized carbons (Fsp3) is 0.389. The van der Waals surface area contributed by atoms with Crippen molar-refractivity contribution >= 4 is 23.1 Å². The molecule has 7 nitrogen and oxygen atoms in total. The van der Waals surface area contributed by atoms with E-state index in [9.17, 15) is 18.0 Å². The lowest BCUT2D eigenvalue weighted by molar-refractivity contribution is -0.173. The summed E-state index contributed by atoms with van der Waals surface area (Å²) >= 11 is 1.39. The van der Waals surface area contributed by atoms with Crippen molar-refractivity contribution in [2.75, 3.05) is 5.32 Å². The van der Waals surface area contributed by atoms with E-state index in [1.807, 2.05) is 12.3 Å². The van der Waals surface area contributed by atoms with Gasteiger partial charge in [0.2, 0.25) is 0 Å². The van der Waals surface area contributed by atoms with E-state index < -0.39 is 24.2 Å². The first kappa shape index (κ1) is 19.5. The minimum absolute atomic E-state index is 0.0601. The molecular weight excluding hydrogens is 405 g/mol. The smallest absolute Gasteiger partial charge is 0.363 e. The molecule has 3 aromatic heterocycles. The Morgan fingerprint density at radius 3 is 2.83 bits per heavy atom. The van der Waals surface area contributed by atoms with Crippen LogP contribution in [0.3, 0.4) is 0 Å². The van der Waals surface area contributed by atoms with Crippen molar-refractivity contribution in [2.45, 2.75) is 38.1 Å². The third-order valence-corrected chi connectivity index (χ3v) is 5.85. The highest BCUT2D eigenvalue weighted by molar-refractivity contribution is 7.10. The van der Waals surface area contributed by atoms with Gasteiger partial charge in [0, 0.05) is 42.7 Å². The topological polar surface area (TPSA) is 76.8 Å². The molecule has 1 aliphatic heterocycles. The van der Waals surface area contributed by atoms with E-state index in [1.54, 1.807) is 30.1 Å². The Bertz CT molecular complexity index is 1020. The minimum Gasteiger partial charge on any atom is -0.363 e. The minimum atomic E-state index is -4.47. The van der Waals surface area contributed by atoms with Gasteiger partial charge >= 0.3 is 6.18 Å². The molecule has 154 valence electrons. The predicted octanol–water partition coefficient (Wildman–Crippen LogP) is 3.58. The highest BCUT2D eigenvalue weighted by Gasteiger charge is 2.47. The number of aromatic nitrogens is 4. The summed E-state index contributed by atoms with van der Waals surface area (Å²) in [5.74, 6) is -0.356. The third-order valence-electron chi connectivity index (χ3n) is 4.86. The Hall–Kier alpha value is -2.82. The standard InChI is InChI=1S/C18H19F3N6OS/c1-10-11(9-26(2)24-10)8-22-17(28)13-7-16-23-12(14-4-3-5-29-14)6-15(18(19,20)21)27(16)25-13/h3-5,7,9,12,15,23H,6,8H2,1-2H3,(H,22,28). The summed E-state index contributed by atoms with van der Waals surface area (Å²) in [7, 11) is 1.77. The number of hydrogen-bond donors (Lipinski definition) is 2. The van der Waals surface area contributed by atoms with Gasteiger partial charge in [-0.1, -0.05) is 6.07 Å². The molecule has 0 aromatic carbocycles. The number of carbonyl (C=O) groups is 1. The Morgan fingerprint density at radius 2 is 2.21 bits per heavy atom. The number of alkyl halides is 3. The van der Waals surface area contributed by atoms with E-state index in [0.717, 1.165) is 20.8 Å². The largest absolute Gasteiger partial charge is 0.410 e. The number of thiophene rings is 1. The van der Waals surface area contributed by atoms with Crippen LogP contribution in [-0.2, 0) is 13.6 Å². The van der Waals surface area contributed by atoms with E-state index in [-0.39, 0.29) is 24.5 Å². The molecule has 2 unspecified atom stereocenters. The van der Waals surface area contributed by atoms with Crippen LogP contribution in [0.15, 0.2) is 29.8 Å². The Balaban J connectivity index is 1.57. The second kappa shape index (κ2) is 7.21. The zero-order valence-corrected chi connectivity index (χ0v) is 16.5. The number of fused-ring (bicyclic) bond motifs is 1. The summed E-state index contributed by atoms with van der Waals surface area (Å²) in [4.78, 5) is 13.3. The molecule has 29 heavy (non-hydrogen) atoms. The summed E-state index contributed by atoms with van der Waals surface area (Å²) in [5, 5.41) is 15.8.